The van der Waals surface area contributed by atoms with Crippen LogP contribution in [0.5, 0.6) is 0 Å². The quantitative estimate of drug-likeness (QED) is 0.675. The number of hydrogen-bond donors (Lipinski definition) is 0. The fourth-order valence-electron chi connectivity index (χ4n) is 4.08. The van der Waals surface area contributed by atoms with Crippen LogP contribution in [-0.4, -0.2) is 33.4 Å². The van der Waals surface area contributed by atoms with Crippen molar-refractivity contribution in [2.45, 2.75) is 39.2 Å². The van der Waals surface area contributed by atoms with Gasteiger partial charge in [-0.1, -0.05) is 44.2 Å². The molecule has 0 spiro atoms. The molecule has 0 bridgehead atoms. The summed E-state index contributed by atoms with van der Waals surface area (Å²) in [6.07, 6.45) is 6.08. The lowest BCUT2D eigenvalue weighted by Gasteiger charge is -2.32. The van der Waals surface area contributed by atoms with E-state index in [4.69, 9.17) is 0 Å². The SMILES string of the molecule is CC(C)c1nccn1CC1CCN(C(=O)c2ccc3ccccc3c2)CC1. The van der Waals surface area contributed by atoms with Gasteiger partial charge in [-0.05, 0) is 41.7 Å². The van der Waals surface area contributed by atoms with E-state index in [-0.39, 0.29) is 5.91 Å². The van der Waals surface area contributed by atoms with Gasteiger partial charge in [0.25, 0.3) is 5.91 Å². The molecule has 0 saturated carbocycles. The Morgan fingerprint density at radius 2 is 1.85 bits per heavy atom. The van der Waals surface area contributed by atoms with Crippen molar-refractivity contribution in [3.8, 4) is 0 Å². The lowest BCUT2D eigenvalue weighted by atomic mass is 9.95. The number of fused-ring (bicyclic) bond motifs is 1. The fraction of sp³-hybridized carbons (Fsp3) is 0.391. The molecule has 1 fully saturated rings. The summed E-state index contributed by atoms with van der Waals surface area (Å²) in [5.41, 5.74) is 0.795. The van der Waals surface area contributed by atoms with Crippen LogP contribution in [0.25, 0.3) is 10.8 Å². The van der Waals surface area contributed by atoms with Crippen LogP contribution in [0.2, 0.25) is 0 Å². The van der Waals surface area contributed by atoms with E-state index in [1.54, 1.807) is 0 Å². The summed E-state index contributed by atoms with van der Waals surface area (Å²) >= 11 is 0. The van der Waals surface area contributed by atoms with Gasteiger partial charge in [-0.15, -0.1) is 0 Å². The predicted molar refractivity (Wildman–Crippen MR) is 109 cm³/mol. The Morgan fingerprint density at radius 3 is 2.59 bits per heavy atom. The number of aromatic nitrogens is 2. The van der Waals surface area contributed by atoms with E-state index in [1.807, 2.05) is 41.4 Å². The van der Waals surface area contributed by atoms with Crippen molar-refractivity contribution in [1.82, 2.24) is 14.5 Å². The zero-order valence-electron chi connectivity index (χ0n) is 16.1. The van der Waals surface area contributed by atoms with Crippen molar-refractivity contribution < 1.29 is 4.79 Å². The van der Waals surface area contributed by atoms with Crippen molar-refractivity contribution in [2.24, 2.45) is 5.92 Å². The maximum absolute atomic E-state index is 12.9. The Hall–Kier alpha value is -2.62. The topological polar surface area (TPSA) is 38.1 Å². The molecule has 1 saturated heterocycles. The normalized spacial score (nSPS) is 15.6. The van der Waals surface area contributed by atoms with Crippen LogP contribution in [0, 0.1) is 5.92 Å². The number of rotatable bonds is 4. The molecule has 0 N–H and O–H groups in total. The molecule has 1 aromatic heterocycles. The van der Waals surface area contributed by atoms with Gasteiger partial charge in [0.05, 0.1) is 0 Å². The molecule has 2 heterocycles. The van der Waals surface area contributed by atoms with E-state index in [2.05, 4.69) is 41.7 Å². The van der Waals surface area contributed by atoms with Gasteiger partial charge in [0, 0.05) is 43.5 Å². The van der Waals surface area contributed by atoms with E-state index in [0.29, 0.717) is 11.8 Å². The molecule has 3 aromatic rings. The molecule has 27 heavy (non-hydrogen) atoms. The molecule has 1 aliphatic rings. The van der Waals surface area contributed by atoms with E-state index in [9.17, 15) is 4.79 Å². The molecule has 4 heteroatoms. The predicted octanol–water partition coefficient (Wildman–Crippen LogP) is 4.71. The van der Waals surface area contributed by atoms with Crippen LogP contribution >= 0.6 is 0 Å². The lowest BCUT2D eigenvalue weighted by Crippen LogP contribution is -2.39. The molecule has 0 radical (unpaired) electrons. The smallest absolute Gasteiger partial charge is 0.253 e. The van der Waals surface area contributed by atoms with Crippen molar-refractivity contribution in [1.29, 1.82) is 0 Å². The first kappa shape index (κ1) is 17.8. The molecule has 0 atom stereocenters. The third-order valence-electron chi connectivity index (χ3n) is 5.62. The molecular weight excluding hydrogens is 334 g/mol. The van der Waals surface area contributed by atoms with Crippen molar-refractivity contribution in [3.05, 3.63) is 66.2 Å². The van der Waals surface area contributed by atoms with Gasteiger partial charge in [0.1, 0.15) is 5.82 Å². The summed E-state index contributed by atoms with van der Waals surface area (Å²) in [5.74, 6) is 2.36. The van der Waals surface area contributed by atoms with Crippen molar-refractivity contribution >= 4 is 16.7 Å². The Kier molecular flexibility index (Phi) is 4.97. The Labute approximate surface area is 160 Å². The van der Waals surface area contributed by atoms with Crippen LogP contribution in [0.3, 0.4) is 0 Å². The van der Waals surface area contributed by atoms with Crippen LogP contribution in [0.15, 0.2) is 54.9 Å². The van der Waals surface area contributed by atoms with Gasteiger partial charge in [-0.2, -0.15) is 0 Å². The minimum Gasteiger partial charge on any atom is -0.339 e. The summed E-state index contributed by atoms with van der Waals surface area (Å²) in [5, 5.41) is 2.30. The summed E-state index contributed by atoms with van der Waals surface area (Å²) in [4.78, 5) is 19.4. The Morgan fingerprint density at radius 1 is 1.11 bits per heavy atom. The first-order chi connectivity index (χ1) is 13.1. The highest BCUT2D eigenvalue weighted by Crippen LogP contribution is 2.24. The fourth-order valence-corrected chi connectivity index (χ4v) is 4.08. The number of benzene rings is 2. The second-order valence-electron chi connectivity index (χ2n) is 7.89. The van der Waals surface area contributed by atoms with Gasteiger partial charge in [0.15, 0.2) is 0 Å². The molecule has 2 aromatic carbocycles. The standard InChI is InChI=1S/C23H27N3O/c1-17(2)22-24-11-14-26(22)16-18-9-12-25(13-10-18)23(27)21-8-7-19-5-3-4-6-20(19)15-21/h3-8,11,14-15,17-18H,9-10,12-13,16H2,1-2H3. The molecular formula is C23H27N3O. The summed E-state index contributed by atoms with van der Waals surface area (Å²) in [6.45, 7) is 7.04. The van der Waals surface area contributed by atoms with Crippen molar-refractivity contribution in [3.63, 3.8) is 0 Å². The average Bonchev–Trinajstić information content (AvgIpc) is 3.16. The first-order valence-corrected chi connectivity index (χ1v) is 9.91. The minimum atomic E-state index is 0.157. The van der Waals surface area contributed by atoms with Gasteiger partial charge in [0.2, 0.25) is 0 Å². The molecule has 0 aliphatic carbocycles. The second-order valence-corrected chi connectivity index (χ2v) is 7.89. The number of nitrogens with zero attached hydrogens (tertiary/aromatic N) is 3. The van der Waals surface area contributed by atoms with E-state index in [0.717, 1.165) is 49.2 Å². The zero-order valence-corrected chi connectivity index (χ0v) is 16.1. The van der Waals surface area contributed by atoms with Crippen LogP contribution < -0.4 is 0 Å². The summed E-state index contributed by atoms with van der Waals surface area (Å²) < 4.78 is 2.29. The number of carbonyl (C=O) groups is 1. The summed E-state index contributed by atoms with van der Waals surface area (Å²) in [6, 6.07) is 14.2. The number of piperidine rings is 1. The van der Waals surface area contributed by atoms with E-state index >= 15 is 0 Å². The van der Waals surface area contributed by atoms with E-state index < -0.39 is 0 Å². The zero-order chi connectivity index (χ0) is 18.8. The highest BCUT2D eigenvalue weighted by Gasteiger charge is 2.24. The third-order valence-corrected chi connectivity index (χ3v) is 5.62. The molecule has 4 nitrogen and oxygen atoms in total. The monoisotopic (exact) mass is 361 g/mol. The van der Waals surface area contributed by atoms with Crippen LogP contribution in [0.1, 0.15) is 48.8 Å². The number of carbonyl (C=O) groups excluding carboxylic acids is 1. The lowest BCUT2D eigenvalue weighted by molar-refractivity contribution is 0.0682. The third kappa shape index (κ3) is 3.75. The molecule has 1 aliphatic heterocycles. The highest BCUT2D eigenvalue weighted by atomic mass is 16.2. The Balaban J connectivity index is 1.39. The molecule has 1 amide bonds. The number of hydrogen-bond acceptors (Lipinski definition) is 2. The maximum Gasteiger partial charge on any atom is 0.253 e. The Bertz CT molecular complexity index is 935. The van der Waals surface area contributed by atoms with Crippen molar-refractivity contribution in [2.75, 3.05) is 13.1 Å². The van der Waals surface area contributed by atoms with E-state index in [1.165, 1.54) is 5.39 Å². The largest absolute Gasteiger partial charge is 0.339 e. The van der Waals surface area contributed by atoms with Gasteiger partial charge in [-0.25, -0.2) is 4.98 Å². The number of amides is 1. The van der Waals surface area contributed by atoms with Gasteiger partial charge in [-0.3, -0.25) is 4.79 Å². The maximum atomic E-state index is 12.9. The molecule has 4 rings (SSSR count). The molecule has 0 unspecified atom stereocenters. The van der Waals surface area contributed by atoms with Gasteiger partial charge >= 0.3 is 0 Å². The average molecular weight is 361 g/mol. The summed E-state index contributed by atoms with van der Waals surface area (Å²) in [7, 11) is 0. The second kappa shape index (κ2) is 7.55. The molecule has 140 valence electrons. The minimum absolute atomic E-state index is 0.157. The highest BCUT2D eigenvalue weighted by molar-refractivity contribution is 5.98. The van der Waals surface area contributed by atoms with Crippen LogP contribution in [-0.2, 0) is 6.54 Å². The van der Waals surface area contributed by atoms with Crippen LogP contribution in [0.4, 0.5) is 0 Å². The first-order valence-electron chi connectivity index (χ1n) is 9.91. The van der Waals surface area contributed by atoms with Gasteiger partial charge < -0.3 is 9.47 Å². The number of likely N-dealkylation sites (tertiary alicyclic amines) is 1. The number of imidazole rings is 1.